The van der Waals surface area contributed by atoms with E-state index in [-0.39, 0.29) is 11.9 Å². The van der Waals surface area contributed by atoms with Crippen molar-refractivity contribution in [3.63, 3.8) is 0 Å². The van der Waals surface area contributed by atoms with Crippen LogP contribution in [0.1, 0.15) is 59.8 Å². The number of carbonyl (C=O) groups excluding carboxylic acids is 1. The highest BCUT2D eigenvalue weighted by Crippen LogP contribution is 2.40. The predicted octanol–water partition coefficient (Wildman–Crippen LogP) is 3.41. The molecule has 7 heteroatoms. The lowest BCUT2D eigenvalue weighted by atomic mass is 10.2. The zero-order valence-corrected chi connectivity index (χ0v) is 14.6. The summed E-state index contributed by atoms with van der Waals surface area (Å²) in [7, 11) is 1.63. The third kappa shape index (κ3) is 2.55. The summed E-state index contributed by atoms with van der Waals surface area (Å²) in [5.74, 6) is 2.53. The number of aromatic amines is 1. The van der Waals surface area contributed by atoms with Gasteiger partial charge in [0.05, 0.1) is 7.11 Å². The molecule has 1 saturated carbocycles. The van der Waals surface area contributed by atoms with Crippen molar-refractivity contribution in [3.8, 4) is 5.75 Å². The van der Waals surface area contributed by atoms with Crippen LogP contribution in [0.2, 0.25) is 0 Å². The molecule has 1 unspecified atom stereocenters. The molecule has 2 aliphatic rings. The quantitative estimate of drug-likeness (QED) is 0.778. The molecule has 1 aromatic carbocycles. The van der Waals surface area contributed by atoms with Crippen molar-refractivity contribution in [1.82, 2.24) is 20.0 Å². The van der Waals surface area contributed by atoms with Crippen molar-refractivity contribution < 1.29 is 14.1 Å². The van der Waals surface area contributed by atoms with Crippen LogP contribution in [0.4, 0.5) is 0 Å². The van der Waals surface area contributed by atoms with Crippen LogP contribution in [0.25, 0.3) is 10.9 Å². The molecule has 1 N–H and O–H groups in total. The number of methoxy groups -OCH3 is 1. The van der Waals surface area contributed by atoms with Crippen LogP contribution in [-0.4, -0.2) is 39.6 Å². The standard InChI is InChI=1S/C19H20N4O3/c1-25-13-7-6-12-9-15(20-14(12)10-13)19(24)23-8-2-3-16(23)18-21-17(22-26-18)11-4-5-11/h6-7,9-11,16,20H,2-5,8H2,1H3. The number of carbonyl (C=O) groups is 1. The van der Waals surface area contributed by atoms with E-state index in [0.717, 1.165) is 48.2 Å². The molecule has 5 rings (SSSR count). The first-order chi connectivity index (χ1) is 12.7. The molecular weight excluding hydrogens is 332 g/mol. The average molecular weight is 352 g/mol. The Morgan fingerprint density at radius 2 is 2.19 bits per heavy atom. The second kappa shape index (κ2) is 5.86. The number of H-pyrrole nitrogens is 1. The smallest absolute Gasteiger partial charge is 0.270 e. The Bertz CT molecular complexity index is 972. The maximum atomic E-state index is 13.1. The number of ether oxygens (including phenoxy) is 1. The first kappa shape index (κ1) is 15.4. The summed E-state index contributed by atoms with van der Waals surface area (Å²) >= 11 is 0. The van der Waals surface area contributed by atoms with E-state index in [1.54, 1.807) is 7.11 Å². The van der Waals surface area contributed by atoms with E-state index in [1.165, 1.54) is 0 Å². The lowest BCUT2D eigenvalue weighted by Gasteiger charge is -2.21. The zero-order valence-electron chi connectivity index (χ0n) is 14.6. The third-order valence-corrected chi connectivity index (χ3v) is 5.26. The van der Waals surface area contributed by atoms with Crippen molar-refractivity contribution >= 4 is 16.8 Å². The summed E-state index contributed by atoms with van der Waals surface area (Å²) in [5.41, 5.74) is 1.46. The number of hydrogen-bond acceptors (Lipinski definition) is 5. The molecule has 134 valence electrons. The fourth-order valence-corrected chi connectivity index (χ4v) is 3.66. The summed E-state index contributed by atoms with van der Waals surface area (Å²) in [5, 5.41) is 5.08. The summed E-state index contributed by atoms with van der Waals surface area (Å²) in [4.78, 5) is 22.7. The van der Waals surface area contributed by atoms with Crippen LogP contribution in [0.3, 0.4) is 0 Å². The first-order valence-corrected chi connectivity index (χ1v) is 9.04. The normalized spacial score (nSPS) is 20.0. The largest absolute Gasteiger partial charge is 0.497 e. The fourth-order valence-electron chi connectivity index (χ4n) is 3.66. The van der Waals surface area contributed by atoms with Gasteiger partial charge in [-0.2, -0.15) is 4.98 Å². The Hall–Kier alpha value is -2.83. The van der Waals surface area contributed by atoms with Crippen LogP contribution in [0.15, 0.2) is 28.8 Å². The molecule has 7 nitrogen and oxygen atoms in total. The predicted molar refractivity (Wildman–Crippen MR) is 94.1 cm³/mol. The Morgan fingerprint density at radius 3 is 3.00 bits per heavy atom. The molecule has 1 saturated heterocycles. The van der Waals surface area contributed by atoms with E-state index in [0.29, 0.717) is 24.0 Å². The number of fused-ring (bicyclic) bond motifs is 1. The SMILES string of the molecule is COc1ccc2cc(C(=O)N3CCCC3c3nc(C4CC4)no3)[nH]c2c1. The average Bonchev–Trinajstić information content (AvgIpc) is 3.09. The van der Waals surface area contributed by atoms with Gasteiger partial charge in [0.1, 0.15) is 17.5 Å². The maximum absolute atomic E-state index is 13.1. The van der Waals surface area contributed by atoms with E-state index in [2.05, 4.69) is 15.1 Å². The van der Waals surface area contributed by atoms with E-state index >= 15 is 0 Å². The minimum absolute atomic E-state index is 0.0335. The molecule has 1 atom stereocenters. The highest BCUT2D eigenvalue weighted by molar-refractivity contribution is 5.98. The number of nitrogens with one attached hydrogen (secondary N) is 1. The Morgan fingerprint density at radius 1 is 1.31 bits per heavy atom. The minimum atomic E-state index is -0.136. The second-order valence-electron chi connectivity index (χ2n) is 7.06. The number of aromatic nitrogens is 3. The fraction of sp³-hybridized carbons (Fsp3) is 0.421. The van der Waals surface area contributed by atoms with Gasteiger partial charge in [-0.05, 0) is 43.9 Å². The highest BCUT2D eigenvalue weighted by atomic mass is 16.5. The van der Waals surface area contributed by atoms with Crippen LogP contribution in [0, 0.1) is 0 Å². The number of rotatable bonds is 4. The lowest BCUT2D eigenvalue weighted by molar-refractivity contribution is 0.0705. The summed E-state index contributed by atoms with van der Waals surface area (Å²) < 4.78 is 10.7. The molecular formula is C19H20N4O3. The summed E-state index contributed by atoms with van der Waals surface area (Å²) in [6.45, 7) is 0.698. The molecule has 3 heterocycles. The van der Waals surface area contributed by atoms with Crippen molar-refractivity contribution in [1.29, 1.82) is 0 Å². The van der Waals surface area contributed by atoms with Gasteiger partial charge in [0, 0.05) is 29.4 Å². The van der Waals surface area contributed by atoms with Gasteiger partial charge in [0.25, 0.3) is 5.91 Å². The molecule has 1 aliphatic heterocycles. The van der Waals surface area contributed by atoms with Crippen molar-refractivity contribution in [3.05, 3.63) is 41.7 Å². The Kier molecular flexibility index (Phi) is 3.48. The molecule has 2 aromatic heterocycles. The summed E-state index contributed by atoms with van der Waals surface area (Å²) in [6.07, 6.45) is 4.05. The van der Waals surface area contributed by atoms with E-state index in [9.17, 15) is 4.79 Å². The topological polar surface area (TPSA) is 84.2 Å². The van der Waals surface area contributed by atoms with Gasteiger partial charge in [-0.25, -0.2) is 0 Å². The van der Waals surface area contributed by atoms with Gasteiger partial charge in [0.2, 0.25) is 5.89 Å². The van der Waals surface area contributed by atoms with E-state index < -0.39 is 0 Å². The molecule has 0 bridgehead atoms. The number of benzene rings is 1. The number of hydrogen-bond donors (Lipinski definition) is 1. The van der Waals surface area contributed by atoms with Crippen LogP contribution >= 0.6 is 0 Å². The molecule has 26 heavy (non-hydrogen) atoms. The molecule has 3 aromatic rings. The lowest BCUT2D eigenvalue weighted by Crippen LogP contribution is -2.31. The highest BCUT2D eigenvalue weighted by Gasteiger charge is 2.37. The zero-order chi connectivity index (χ0) is 17.7. The van der Waals surface area contributed by atoms with Crippen LogP contribution in [-0.2, 0) is 0 Å². The van der Waals surface area contributed by atoms with Crippen molar-refractivity contribution in [2.75, 3.05) is 13.7 Å². The molecule has 0 radical (unpaired) electrons. The van der Waals surface area contributed by atoms with Gasteiger partial charge in [-0.1, -0.05) is 5.16 Å². The summed E-state index contributed by atoms with van der Waals surface area (Å²) in [6, 6.07) is 7.48. The van der Waals surface area contributed by atoms with Crippen molar-refractivity contribution in [2.45, 2.75) is 37.6 Å². The first-order valence-electron chi connectivity index (χ1n) is 9.04. The van der Waals surface area contributed by atoms with Gasteiger partial charge in [0.15, 0.2) is 5.82 Å². The van der Waals surface area contributed by atoms with Gasteiger partial charge in [-0.3, -0.25) is 4.79 Å². The molecule has 2 fully saturated rings. The van der Waals surface area contributed by atoms with Gasteiger partial charge < -0.3 is 19.1 Å². The third-order valence-electron chi connectivity index (χ3n) is 5.26. The second-order valence-corrected chi connectivity index (χ2v) is 7.06. The van der Waals surface area contributed by atoms with Crippen LogP contribution < -0.4 is 4.74 Å². The minimum Gasteiger partial charge on any atom is -0.497 e. The molecule has 1 aliphatic carbocycles. The number of likely N-dealkylation sites (tertiary alicyclic amines) is 1. The Labute approximate surface area is 150 Å². The van der Waals surface area contributed by atoms with E-state index in [1.807, 2.05) is 29.2 Å². The van der Waals surface area contributed by atoms with Crippen LogP contribution in [0.5, 0.6) is 5.75 Å². The van der Waals surface area contributed by atoms with Crippen molar-refractivity contribution in [2.24, 2.45) is 0 Å². The van der Waals surface area contributed by atoms with E-state index in [4.69, 9.17) is 9.26 Å². The number of nitrogens with zero attached hydrogens (tertiary/aromatic N) is 3. The molecule has 0 spiro atoms. The molecule has 1 amide bonds. The monoisotopic (exact) mass is 352 g/mol. The van der Waals surface area contributed by atoms with Gasteiger partial charge >= 0.3 is 0 Å². The number of amides is 1. The Balaban J connectivity index is 1.42. The maximum Gasteiger partial charge on any atom is 0.270 e. The van der Waals surface area contributed by atoms with Gasteiger partial charge in [-0.15, -0.1) is 0 Å².